The first-order valence-corrected chi connectivity index (χ1v) is 9.67. The number of aromatic nitrogens is 2. The average Bonchev–Trinajstić information content (AvgIpc) is 3.23. The first-order chi connectivity index (χ1) is 14.4. The molecule has 0 aliphatic carbocycles. The summed E-state index contributed by atoms with van der Waals surface area (Å²) in [5.74, 6) is 0.988. The lowest BCUT2D eigenvalue weighted by atomic mass is 10.1. The van der Waals surface area contributed by atoms with Gasteiger partial charge in [-0.2, -0.15) is 13.2 Å². The van der Waals surface area contributed by atoms with Crippen LogP contribution in [0.4, 0.5) is 13.2 Å². The molecule has 0 unspecified atom stereocenters. The third-order valence-electron chi connectivity index (χ3n) is 4.29. The van der Waals surface area contributed by atoms with Crippen molar-refractivity contribution in [3.63, 3.8) is 0 Å². The van der Waals surface area contributed by atoms with Gasteiger partial charge in [-0.3, -0.25) is 0 Å². The topological polar surface area (TPSA) is 48.2 Å². The van der Waals surface area contributed by atoms with Crippen LogP contribution in [-0.4, -0.2) is 10.2 Å². The van der Waals surface area contributed by atoms with E-state index in [4.69, 9.17) is 9.15 Å². The number of rotatable bonds is 5. The highest BCUT2D eigenvalue weighted by Crippen LogP contribution is 2.32. The van der Waals surface area contributed by atoms with Gasteiger partial charge in [0.2, 0.25) is 11.8 Å². The van der Waals surface area contributed by atoms with Gasteiger partial charge in [0.1, 0.15) is 12.4 Å². The van der Waals surface area contributed by atoms with Crippen LogP contribution < -0.4 is 4.74 Å². The van der Waals surface area contributed by atoms with E-state index in [-0.39, 0.29) is 17.3 Å². The van der Waals surface area contributed by atoms with Crippen molar-refractivity contribution in [2.24, 2.45) is 0 Å². The lowest BCUT2D eigenvalue weighted by Crippen LogP contribution is -2.04. The second-order valence-electron chi connectivity index (χ2n) is 6.41. The number of para-hydroxylation sites is 1. The van der Waals surface area contributed by atoms with Crippen LogP contribution in [0.15, 0.2) is 81.7 Å². The fourth-order valence-corrected chi connectivity index (χ4v) is 3.15. The zero-order valence-corrected chi connectivity index (χ0v) is 16.9. The third kappa shape index (κ3) is 4.54. The predicted octanol–water partition coefficient (Wildman–Crippen LogP) is 6.76. The van der Waals surface area contributed by atoms with E-state index in [1.54, 1.807) is 12.1 Å². The standard InChI is InChI=1S/C22H14BrF3N2O2/c23-18-6-1-2-7-19(18)29-13-14-8-10-15(11-9-14)20-27-28-21(30-20)16-4-3-5-17(12-16)22(24,25)26/h1-12H,13H2. The van der Waals surface area contributed by atoms with Crippen molar-refractivity contribution < 1.29 is 22.3 Å². The zero-order chi connectivity index (χ0) is 21.1. The van der Waals surface area contributed by atoms with Crippen molar-refractivity contribution >= 4 is 15.9 Å². The van der Waals surface area contributed by atoms with Crippen LogP contribution in [0, 0.1) is 0 Å². The molecule has 0 atom stereocenters. The minimum Gasteiger partial charge on any atom is -0.488 e. The average molecular weight is 475 g/mol. The summed E-state index contributed by atoms with van der Waals surface area (Å²) >= 11 is 3.43. The van der Waals surface area contributed by atoms with E-state index >= 15 is 0 Å². The molecule has 4 rings (SSSR count). The SMILES string of the molecule is FC(F)(F)c1cccc(-c2nnc(-c3ccc(COc4ccccc4Br)cc3)o2)c1. The molecule has 0 bridgehead atoms. The van der Waals surface area contributed by atoms with Crippen LogP contribution in [0.1, 0.15) is 11.1 Å². The summed E-state index contributed by atoms with van der Waals surface area (Å²) in [6.07, 6.45) is -4.44. The van der Waals surface area contributed by atoms with Gasteiger partial charge in [-0.15, -0.1) is 10.2 Å². The molecular formula is C22H14BrF3N2O2. The molecule has 0 N–H and O–H groups in total. The fourth-order valence-electron chi connectivity index (χ4n) is 2.75. The summed E-state index contributed by atoms with van der Waals surface area (Å²) in [5.41, 5.74) is 1.04. The van der Waals surface area contributed by atoms with Crippen molar-refractivity contribution in [1.29, 1.82) is 0 Å². The first kappa shape index (κ1) is 20.2. The lowest BCUT2D eigenvalue weighted by molar-refractivity contribution is -0.137. The van der Waals surface area contributed by atoms with Crippen molar-refractivity contribution in [1.82, 2.24) is 10.2 Å². The van der Waals surface area contributed by atoms with Crippen LogP contribution in [0.5, 0.6) is 5.75 Å². The number of halogens is 4. The van der Waals surface area contributed by atoms with Gasteiger partial charge in [0.25, 0.3) is 0 Å². The molecule has 0 amide bonds. The maximum Gasteiger partial charge on any atom is 0.416 e. The normalized spacial score (nSPS) is 11.5. The number of hydrogen-bond donors (Lipinski definition) is 0. The quantitative estimate of drug-likeness (QED) is 0.320. The minimum atomic E-state index is -4.44. The number of alkyl halides is 3. The van der Waals surface area contributed by atoms with E-state index in [1.807, 2.05) is 36.4 Å². The largest absolute Gasteiger partial charge is 0.488 e. The third-order valence-corrected chi connectivity index (χ3v) is 4.95. The van der Waals surface area contributed by atoms with Crippen molar-refractivity contribution in [3.05, 3.63) is 88.4 Å². The number of nitrogens with zero attached hydrogens (tertiary/aromatic N) is 2. The summed E-state index contributed by atoms with van der Waals surface area (Å²) in [6.45, 7) is 0.377. The summed E-state index contributed by atoms with van der Waals surface area (Å²) in [6, 6.07) is 19.7. The Morgan fingerprint density at radius 3 is 2.23 bits per heavy atom. The van der Waals surface area contributed by atoms with Gasteiger partial charge in [0.05, 0.1) is 10.0 Å². The molecule has 1 aromatic heterocycles. The van der Waals surface area contributed by atoms with E-state index in [2.05, 4.69) is 26.1 Å². The van der Waals surface area contributed by atoms with Gasteiger partial charge in [-0.1, -0.05) is 30.3 Å². The summed E-state index contributed by atoms with van der Waals surface area (Å²) in [7, 11) is 0. The van der Waals surface area contributed by atoms with E-state index < -0.39 is 11.7 Å². The number of benzene rings is 3. The molecule has 4 nitrogen and oxygen atoms in total. The molecule has 0 saturated carbocycles. The van der Waals surface area contributed by atoms with E-state index in [0.29, 0.717) is 12.2 Å². The summed E-state index contributed by atoms with van der Waals surface area (Å²) in [5, 5.41) is 7.83. The molecule has 152 valence electrons. The maximum atomic E-state index is 12.9. The number of hydrogen-bond acceptors (Lipinski definition) is 4. The van der Waals surface area contributed by atoms with Crippen LogP contribution in [-0.2, 0) is 12.8 Å². The molecule has 0 radical (unpaired) electrons. The van der Waals surface area contributed by atoms with Crippen LogP contribution in [0.3, 0.4) is 0 Å². The Hall–Kier alpha value is -3.13. The van der Waals surface area contributed by atoms with Gasteiger partial charge in [-0.05, 0) is 64.0 Å². The Bertz CT molecular complexity index is 1160. The van der Waals surface area contributed by atoms with Crippen molar-refractivity contribution in [2.45, 2.75) is 12.8 Å². The Morgan fingerprint density at radius 2 is 1.53 bits per heavy atom. The maximum absolute atomic E-state index is 12.9. The summed E-state index contributed by atoms with van der Waals surface area (Å²) in [4.78, 5) is 0. The molecule has 30 heavy (non-hydrogen) atoms. The van der Waals surface area contributed by atoms with Crippen LogP contribution in [0.25, 0.3) is 22.9 Å². The molecule has 8 heteroatoms. The Morgan fingerprint density at radius 1 is 0.833 bits per heavy atom. The van der Waals surface area contributed by atoms with Gasteiger partial charge in [0, 0.05) is 11.1 Å². The lowest BCUT2D eigenvalue weighted by Gasteiger charge is -2.08. The highest BCUT2D eigenvalue weighted by atomic mass is 79.9. The smallest absolute Gasteiger partial charge is 0.416 e. The molecular weight excluding hydrogens is 461 g/mol. The molecule has 0 spiro atoms. The monoisotopic (exact) mass is 474 g/mol. The van der Waals surface area contributed by atoms with Gasteiger partial charge in [-0.25, -0.2) is 0 Å². The minimum absolute atomic E-state index is 0.0254. The van der Waals surface area contributed by atoms with E-state index in [9.17, 15) is 13.2 Å². The number of ether oxygens (including phenoxy) is 1. The van der Waals surface area contributed by atoms with Gasteiger partial charge in [0.15, 0.2) is 0 Å². The second kappa shape index (κ2) is 8.31. The Labute approximate surface area is 178 Å². The van der Waals surface area contributed by atoms with E-state index in [1.165, 1.54) is 12.1 Å². The molecule has 0 fully saturated rings. The van der Waals surface area contributed by atoms with Crippen molar-refractivity contribution in [2.75, 3.05) is 0 Å². The summed E-state index contributed by atoms with van der Waals surface area (Å²) < 4.78 is 50.9. The molecule has 0 aliphatic rings. The van der Waals surface area contributed by atoms with Crippen molar-refractivity contribution in [3.8, 4) is 28.7 Å². The highest BCUT2D eigenvalue weighted by molar-refractivity contribution is 9.10. The predicted molar refractivity (Wildman–Crippen MR) is 109 cm³/mol. The van der Waals surface area contributed by atoms with Gasteiger partial charge >= 0.3 is 6.18 Å². The highest BCUT2D eigenvalue weighted by Gasteiger charge is 2.30. The zero-order valence-electron chi connectivity index (χ0n) is 15.4. The molecule has 0 aliphatic heterocycles. The van der Waals surface area contributed by atoms with Gasteiger partial charge < -0.3 is 9.15 Å². The first-order valence-electron chi connectivity index (χ1n) is 8.88. The molecule has 4 aromatic rings. The fraction of sp³-hybridized carbons (Fsp3) is 0.0909. The molecule has 1 heterocycles. The second-order valence-corrected chi connectivity index (χ2v) is 7.26. The molecule has 0 saturated heterocycles. The van der Waals surface area contributed by atoms with E-state index in [0.717, 1.165) is 27.9 Å². The molecule has 3 aromatic carbocycles. The van der Waals surface area contributed by atoms with Crippen LogP contribution >= 0.6 is 15.9 Å². The Kier molecular flexibility index (Phi) is 5.59. The van der Waals surface area contributed by atoms with Crippen LogP contribution in [0.2, 0.25) is 0 Å². The Balaban J connectivity index is 1.48.